The van der Waals surface area contributed by atoms with Crippen molar-refractivity contribution in [3.8, 4) is 0 Å². The second kappa shape index (κ2) is 4.05. The third kappa shape index (κ3) is 1.82. The van der Waals surface area contributed by atoms with E-state index >= 15 is 0 Å². The average molecular weight is 189 g/mol. The predicted octanol–water partition coefficient (Wildman–Crippen LogP) is 1.36. The second-order valence-corrected chi connectivity index (χ2v) is 3.12. The van der Waals surface area contributed by atoms with Gasteiger partial charge in [-0.2, -0.15) is 0 Å². The Morgan fingerprint density at radius 2 is 2.36 bits per heavy atom. The largest absolute Gasteiger partial charge is 0.271 e. The molecule has 0 saturated heterocycles. The van der Waals surface area contributed by atoms with Gasteiger partial charge in [-0.15, -0.1) is 0 Å². The second-order valence-electron chi connectivity index (χ2n) is 3.12. The molecule has 0 atom stereocenters. The number of nitrogens with zero attached hydrogens (tertiary/aromatic N) is 2. The zero-order valence-electron chi connectivity index (χ0n) is 8.18. The van der Waals surface area contributed by atoms with E-state index in [1.807, 2.05) is 30.6 Å². The summed E-state index contributed by atoms with van der Waals surface area (Å²) in [6, 6.07) is 5.89. The Morgan fingerprint density at radius 1 is 1.43 bits per heavy atom. The number of hydrogen-bond acceptors (Lipinski definition) is 2. The van der Waals surface area contributed by atoms with E-state index in [0.29, 0.717) is 0 Å². The molecule has 2 heterocycles. The fourth-order valence-electron chi connectivity index (χ4n) is 1.28. The van der Waals surface area contributed by atoms with Crippen LogP contribution in [0.25, 0.3) is 10.9 Å². The Bertz CT molecular complexity index is 428. The highest BCUT2D eigenvalue weighted by atomic mass is 16.7. The molecule has 3 nitrogen and oxygen atoms in total. The molecule has 0 bridgehead atoms. The van der Waals surface area contributed by atoms with E-state index in [1.165, 1.54) is 0 Å². The topological polar surface area (TPSA) is 26.0 Å². The first-order chi connectivity index (χ1) is 6.90. The van der Waals surface area contributed by atoms with Gasteiger partial charge >= 0.3 is 0 Å². The summed E-state index contributed by atoms with van der Waals surface area (Å²) in [5, 5.41) is 1.09. The first-order valence-corrected chi connectivity index (χ1v) is 4.79. The Balaban J connectivity index is 2.32. The zero-order chi connectivity index (χ0) is 9.80. The van der Waals surface area contributed by atoms with Gasteiger partial charge in [-0.3, -0.25) is 9.82 Å². The number of aromatic nitrogens is 2. The van der Waals surface area contributed by atoms with Gasteiger partial charge in [-0.25, -0.2) is 0 Å². The molecule has 14 heavy (non-hydrogen) atoms. The van der Waals surface area contributed by atoms with Crippen molar-refractivity contribution in [1.82, 2.24) is 4.98 Å². The summed E-state index contributed by atoms with van der Waals surface area (Å²) in [6.45, 7) is 2.82. The van der Waals surface area contributed by atoms with E-state index in [4.69, 9.17) is 4.84 Å². The van der Waals surface area contributed by atoms with Crippen LogP contribution in [0.4, 0.5) is 0 Å². The van der Waals surface area contributed by atoms with Crippen LogP contribution in [0.5, 0.6) is 0 Å². The first-order valence-electron chi connectivity index (χ1n) is 4.79. The fourth-order valence-corrected chi connectivity index (χ4v) is 1.28. The molecule has 2 rings (SSSR count). The molecular weight excluding hydrogens is 176 g/mol. The van der Waals surface area contributed by atoms with Crippen molar-refractivity contribution in [2.24, 2.45) is 0 Å². The fraction of sp³-hybridized carbons (Fsp3) is 0.273. The third-order valence-corrected chi connectivity index (χ3v) is 1.96. The van der Waals surface area contributed by atoms with Crippen molar-refractivity contribution in [2.75, 3.05) is 6.61 Å². The normalized spacial score (nSPS) is 10.4. The number of pyridine rings is 2. The molecule has 2 aromatic heterocycles. The van der Waals surface area contributed by atoms with Gasteiger partial charge in [0.05, 0.1) is 10.9 Å². The lowest BCUT2D eigenvalue weighted by Gasteiger charge is -1.97. The van der Waals surface area contributed by atoms with Crippen molar-refractivity contribution < 1.29 is 9.57 Å². The quantitative estimate of drug-likeness (QED) is 0.681. The van der Waals surface area contributed by atoms with Gasteiger partial charge in [0.2, 0.25) is 12.4 Å². The number of rotatable bonds is 3. The van der Waals surface area contributed by atoms with E-state index in [1.54, 1.807) is 10.9 Å². The molecule has 2 aromatic rings. The molecule has 0 saturated carbocycles. The molecule has 0 aliphatic rings. The van der Waals surface area contributed by atoms with E-state index in [9.17, 15) is 0 Å². The van der Waals surface area contributed by atoms with E-state index in [-0.39, 0.29) is 0 Å². The van der Waals surface area contributed by atoms with Crippen LogP contribution in [0.2, 0.25) is 0 Å². The van der Waals surface area contributed by atoms with E-state index in [2.05, 4.69) is 11.9 Å². The summed E-state index contributed by atoms with van der Waals surface area (Å²) in [7, 11) is 0. The maximum atomic E-state index is 5.45. The molecule has 0 N–H and O–H groups in total. The SMILES string of the molecule is CCCO[n+]1ccc2ncccc2c1. The van der Waals surface area contributed by atoms with Gasteiger partial charge in [0.1, 0.15) is 0 Å². The molecule has 0 unspecified atom stereocenters. The molecule has 3 heteroatoms. The average Bonchev–Trinajstić information content (AvgIpc) is 2.26. The highest BCUT2D eigenvalue weighted by Gasteiger charge is 2.03. The molecule has 0 aromatic carbocycles. The lowest BCUT2D eigenvalue weighted by Crippen LogP contribution is -2.42. The highest BCUT2D eigenvalue weighted by molar-refractivity contribution is 5.75. The zero-order valence-corrected chi connectivity index (χ0v) is 8.18. The predicted molar refractivity (Wildman–Crippen MR) is 53.7 cm³/mol. The van der Waals surface area contributed by atoms with Gasteiger partial charge in [-0.1, -0.05) is 6.92 Å². The highest BCUT2D eigenvalue weighted by Crippen LogP contribution is 2.05. The maximum absolute atomic E-state index is 5.45. The van der Waals surface area contributed by atoms with E-state index < -0.39 is 0 Å². The Morgan fingerprint density at radius 3 is 3.21 bits per heavy atom. The minimum Gasteiger partial charge on any atom is -0.271 e. The van der Waals surface area contributed by atoms with Gasteiger partial charge in [-0.05, 0) is 18.6 Å². The maximum Gasteiger partial charge on any atom is 0.231 e. The molecular formula is C11H13N2O+. The van der Waals surface area contributed by atoms with Crippen LogP contribution in [-0.4, -0.2) is 11.6 Å². The Kier molecular flexibility index (Phi) is 2.58. The summed E-state index contributed by atoms with van der Waals surface area (Å²) < 4.78 is 1.73. The van der Waals surface area contributed by atoms with Crippen LogP contribution in [0.1, 0.15) is 13.3 Å². The molecule has 0 spiro atoms. The van der Waals surface area contributed by atoms with Gasteiger partial charge in [0, 0.05) is 17.0 Å². The Hall–Kier alpha value is -1.64. The van der Waals surface area contributed by atoms with Crippen molar-refractivity contribution in [3.63, 3.8) is 0 Å². The summed E-state index contributed by atoms with van der Waals surface area (Å²) in [6.07, 6.45) is 6.63. The number of hydrogen-bond donors (Lipinski definition) is 0. The van der Waals surface area contributed by atoms with Crippen LogP contribution in [-0.2, 0) is 0 Å². The Labute approximate surface area is 82.9 Å². The minimum absolute atomic E-state index is 0.733. The standard InChI is InChI=1S/C11H13N2O/c1-2-8-14-13-7-5-11-10(9-13)4-3-6-12-11/h3-7,9H,2,8H2,1H3/q+1. The number of fused-ring (bicyclic) bond motifs is 1. The van der Waals surface area contributed by atoms with Crippen molar-refractivity contribution in [2.45, 2.75) is 13.3 Å². The van der Waals surface area contributed by atoms with Crippen LogP contribution >= 0.6 is 0 Å². The summed E-state index contributed by atoms with van der Waals surface area (Å²) in [5.74, 6) is 0. The lowest BCUT2D eigenvalue weighted by atomic mass is 10.3. The van der Waals surface area contributed by atoms with Crippen LogP contribution in [0.15, 0.2) is 36.8 Å². The van der Waals surface area contributed by atoms with Crippen molar-refractivity contribution >= 4 is 10.9 Å². The molecule has 0 amide bonds. The third-order valence-electron chi connectivity index (χ3n) is 1.96. The van der Waals surface area contributed by atoms with Crippen LogP contribution < -0.4 is 9.57 Å². The van der Waals surface area contributed by atoms with E-state index in [0.717, 1.165) is 23.9 Å². The smallest absolute Gasteiger partial charge is 0.231 e. The van der Waals surface area contributed by atoms with Gasteiger partial charge < -0.3 is 0 Å². The van der Waals surface area contributed by atoms with Gasteiger partial charge in [0.15, 0.2) is 6.61 Å². The van der Waals surface area contributed by atoms with Crippen molar-refractivity contribution in [3.05, 3.63) is 36.8 Å². The van der Waals surface area contributed by atoms with Crippen LogP contribution in [0, 0.1) is 0 Å². The monoisotopic (exact) mass is 189 g/mol. The molecule has 72 valence electrons. The first kappa shape index (κ1) is 8.94. The molecule has 0 radical (unpaired) electrons. The van der Waals surface area contributed by atoms with Crippen molar-refractivity contribution in [1.29, 1.82) is 0 Å². The lowest BCUT2D eigenvalue weighted by molar-refractivity contribution is -0.890. The molecule has 0 aliphatic carbocycles. The molecule has 0 fully saturated rings. The summed E-state index contributed by atoms with van der Waals surface area (Å²) in [5.41, 5.74) is 0.990. The summed E-state index contributed by atoms with van der Waals surface area (Å²) in [4.78, 5) is 9.69. The minimum atomic E-state index is 0.733. The van der Waals surface area contributed by atoms with Gasteiger partial charge in [0.25, 0.3) is 0 Å². The molecule has 0 aliphatic heterocycles. The summed E-state index contributed by atoms with van der Waals surface area (Å²) >= 11 is 0. The van der Waals surface area contributed by atoms with Crippen LogP contribution in [0.3, 0.4) is 0 Å².